The number of methoxy groups -OCH3 is 1. The van der Waals surface area contributed by atoms with Crippen LogP contribution in [0.5, 0.6) is 5.75 Å². The van der Waals surface area contributed by atoms with Crippen molar-refractivity contribution < 1.29 is 9.53 Å². The van der Waals surface area contributed by atoms with Crippen molar-refractivity contribution in [2.45, 2.75) is 0 Å². The zero-order valence-electron chi connectivity index (χ0n) is 14.4. The van der Waals surface area contributed by atoms with Crippen molar-refractivity contribution in [1.82, 2.24) is 20.1 Å². The molecule has 3 rings (SSSR count). The summed E-state index contributed by atoms with van der Waals surface area (Å²) >= 11 is 11.8. The highest BCUT2D eigenvalue weighted by Gasteiger charge is 2.10. The van der Waals surface area contributed by atoms with E-state index in [9.17, 15) is 4.79 Å². The number of carbonyl (C=O) groups is 1. The quantitative estimate of drug-likeness (QED) is 0.588. The fourth-order valence-electron chi connectivity index (χ4n) is 2.32. The van der Waals surface area contributed by atoms with E-state index in [0.717, 1.165) is 11.4 Å². The smallest absolute Gasteiger partial charge is 0.271 e. The zero-order valence-corrected chi connectivity index (χ0v) is 16.0. The van der Waals surface area contributed by atoms with Crippen LogP contribution in [0.3, 0.4) is 0 Å². The molecule has 3 aromatic rings. The first kappa shape index (κ1) is 19.0. The lowest BCUT2D eigenvalue weighted by molar-refractivity contribution is 0.0950. The fourth-order valence-corrected chi connectivity index (χ4v) is 2.76. The number of halogens is 2. The molecule has 2 aromatic heterocycles. The van der Waals surface area contributed by atoms with Gasteiger partial charge in [0, 0.05) is 25.5 Å². The number of nitrogens with one attached hydrogen (secondary N) is 2. The molecule has 1 aromatic carbocycles. The van der Waals surface area contributed by atoms with Crippen LogP contribution in [0.25, 0.3) is 5.69 Å². The summed E-state index contributed by atoms with van der Waals surface area (Å²) in [6.07, 6.45) is 3.23. The lowest BCUT2D eigenvalue weighted by Gasteiger charge is -2.08. The standard InChI is InChI=1S/C18H17Cl2N5O2/c1-27-14-4-2-13(3-5-14)25-9-6-16(24-25)18(26)22-8-7-21-17-15(20)10-12(19)11-23-17/h2-6,9-11H,7-8H2,1H3,(H,21,23)(H,22,26). The van der Waals surface area contributed by atoms with Crippen LogP contribution in [0.4, 0.5) is 5.82 Å². The molecule has 2 N–H and O–H groups in total. The first-order valence-electron chi connectivity index (χ1n) is 8.10. The first-order valence-corrected chi connectivity index (χ1v) is 8.85. The second-order valence-electron chi connectivity index (χ2n) is 5.51. The molecule has 27 heavy (non-hydrogen) atoms. The Kier molecular flexibility index (Phi) is 6.16. The summed E-state index contributed by atoms with van der Waals surface area (Å²) in [5.41, 5.74) is 1.16. The third-order valence-electron chi connectivity index (χ3n) is 3.67. The zero-order chi connectivity index (χ0) is 19.2. The van der Waals surface area contributed by atoms with Gasteiger partial charge < -0.3 is 15.4 Å². The highest BCUT2D eigenvalue weighted by molar-refractivity contribution is 6.35. The van der Waals surface area contributed by atoms with E-state index in [2.05, 4.69) is 20.7 Å². The maximum atomic E-state index is 12.2. The monoisotopic (exact) mass is 405 g/mol. The summed E-state index contributed by atoms with van der Waals surface area (Å²) in [5.74, 6) is 1.00. The third-order valence-corrected chi connectivity index (χ3v) is 4.16. The van der Waals surface area contributed by atoms with E-state index < -0.39 is 0 Å². The lowest BCUT2D eigenvalue weighted by atomic mass is 10.3. The highest BCUT2D eigenvalue weighted by atomic mass is 35.5. The second-order valence-corrected chi connectivity index (χ2v) is 6.35. The molecule has 140 valence electrons. The largest absolute Gasteiger partial charge is 0.497 e. The molecule has 0 radical (unpaired) electrons. The van der Waals surface area contributed by atoms with Gasteiger partial charge in [-0.3, -0.25) is 4.79 Å². The predicted molar refractivity (Wildman–Crippen MR) is 105 cm³/mol. The molecular weight excluding hydrogens is 389 g/mol. The van der Waals surface area contributed by atoms with Gasteiger partial charge in [-0.1, -0.05) is 23.2 Å². The number of rotatable bonds is 7. The van der Waals surface area contributed by atoms with Crippen LogP contribution in [-0.4, -0.2) is 40.9 Å². The van der Waals surface area contributed by atoms with Gasteiger partial charge >= 0.3 is 0 Å². The number of anilines is 1. The highest BCUT2D eigenvalue weighted by Crippen LogP contribution is 2.22. The summed E-state index contributed by atoms with van der Waals surface area (Å²) in [5, 5.41) is 11.0. The minimum atomic E-state index is -0.265. The van der Waals surface area contributed by atoms with Crippen LogP contribution in [0, 0.1) is 0 Å². The number of benzene rings is 1. The van der Waals surface area contributed by atoms with E-state index in [-0.39, 0.29) is 5.91 Å². The Morgan fingerprint density at radius 1 is 1.19 bits per heavy atom. The Balaban J connectivity index is 1.51. The molecule has 0 saturated heterocycles. The predicted octanol–water partition coefficient (Wildman–Crippen LogP) is 3.42. The van der Waals surface area contributed by atoms with Crippen LogP contribution < -0.4 is 15.4 Å². The number of ether oxygens (including phenoxy) is 1. The third kappa shape index (κ3) is 4.90. The van der Waals surface area contributed by atoms with E-state index in [1.807, 2.05) is 24.3 Å². The minimum absolute atomic E-state index is 0.265. The maximum Gasteiger partial charge on any atom is 0.271 e. The van der Waals surface area contributed by atoms with Gasteiger partial charge in [0.15, 0.2) is 5.69 Å². The van der Waals surface area contributed by atoms with Crippen LogP contribution >= 0.6 is 23.2 Å². The average Bonchev–Trinajstić information content (AvgIpc) is 3.17. The number of carbonyl (C=O) groups excluding carboxylic acids is 1. The molecule has 0 bridgehead atoms. The molecular formula is C18H17Cl2N5O2. The molecule has 0 aliphatic rings. The summed E-state index contributed by atoms with van der Waals surface area (Å²) < 4.78 is 6.76. The van der Waals surface area contributed by atoms with Gasteiger partial charge in [-0.25, -0.2) is 9.67 Å². The number of amides is 1. The summed E-state index contributed by atoms with van der Waals surface area (Å²) in [6.45, 7) is 0.841. The van der Waals surface area contributed by atoms with E-state index >= 15 is 0 Å². The Hall–Kier alpha value is -2.77. The Bertz CT molecular complexity index is 928. The molecule has 0 spiro atoms. The van der Waals surface area contributed by atoms with E-state index in [4.69, 9.17) is 27.9 Å². The van der Waals surface area contributed by atoms with Crippen molar-refractivity contribution in [3.8, 4) is 11.4 Å². The van der Waals surface area contributed by atoms with Crippen molar-refractivity contribution >= 4 is 34.9 Å². The molecule has 1 amide bonds. The van der Waals surface area contributed by atoms with Gasteiger partial charge in [0.2, 0.25) is 0 Å². The van der Waals surface area contributed by atoms with Gasteiger partial charge in [0.25, 0.3) is 5.91 Å². The van der Waals surface area contributed by atoms with Gasteiger partial charge in [0.1, 0.15) is 11.6 Å². The summed E-state index contributed by atoms with van der Waals surface area (Å²) in [7, 11) is 1.61. The molecule has 9 heteroatoms. The van der Waals surface area contributed by atoms with Crippen LogP contribution in [-0.2, 0) is 0 Å². The molecule has 0 fully saturated rings. The van der Waals surface area contributed by atoms with Crippen LogP contribution in [0.1, 0.15) is 10.5 Å². The van der Waals surface area contributed by atoms with E-state index in [1.165, 1.54) is 6.20 Å². The van der Waals surface area contributed by atoms with Crippen molar-refractivity contribution in [2.24, 2.45) is 0 Å². The molecule has 0 aliphatic carbocycles. The van der Waals surface area contributed by atoms with Gasteiger partial charge in [-0.05, 0) is 36.4 Å². The van der Waals surface area contributed by atoms with Crippen molar-refractivity contribution in [3.63, 3.8) is 0 Å². The molecule has 0 unspecified atom stereocenters. The summed E-state index contributed by atoms with van der Waals surface area (Å²) in [4.78, 5) is 16.3. The normalized spacial score (nSPS) is 10.5. The maximum absolute atomic E-state index is 12.2. The number of hydrogen-bond donors (Lipinski definition) is 2. The lowest BCUT2D eigenvalue weighted by Crippen LogP contribution is -2.29. The van der Waals surface area contributed by atoms with Gasteiger partial charge in [-0.15, -0.1) is 0 Å². The van der Waals surface area contributed by atoms with E-state index in [1.54, 1.807) is 30.1 Å². The number of aromatic nitrogens is 3. The van der Waals surface area contributed by atoms with Crippen molar-refractivity contribution in [3.05, 3.63) is 64.5 Å². The van der Waals surface area contributed by atoms with Crippen LogP contribution in [0.15, 0.2) is 48.8 Å². The summed E-state index contributed by atoms with van der Waals surface area (Å²) in [6, 6.07) is 10.6. The molecule has 0 saturated carbocycles. The molecule has 0 atom stereocenters. The topological polar surface area (TPSA) is 81.1 Å². The number of hydrogen-bond acceptors (Lipinski definition) is 5. The number of pyridine rings is 1. The van der Waals surface area contributed by atoms with Crippen molar-refractivity contribution in [1.29, 1.82) is 0 Å². The van der Waals surface area contributed by atoms with Crippen molar-refractivity contribution in [2.75, 3.05) is 25.5 Å². The van der Waals surface area contributed by atoms with E-state index in [0.29, 0.717) is 34.6 Å². The second kappa shape index (κ2) is 8.75. The SMILES string of the molecule is COc1ccc(-n2ccc(C(=O)NCCNc3ncc(Cl)cc3Cl)n2)cc1. The van der Waals surface area contributed by atoms with Crippen LogP contribution in [0.2, 0.25) is 10.0 Å². The Labute approximate surface area is 166 Å². The Morgan fingerprint density at radius 3 is 2.67 bits per heavy atom. The molecule has 7 nitrogen and oxygen atoms in total. The Morgan fingerprint density at radius 2 is 1.96 bits per heavy atom. The molecule has 2 heterocycles. The van der Waals surface area contributed by atoms with Gasteiger partial charge in [0.05, 0.1) is 22.8 Å². The molecule has 0 aliphatic heterocycles. The number of nitrogens with zero attached hydrogens (tertiary/aromatic N) is 3. The minimum Gasteiger partial charge on any atom is -0.497 e. The first-order chi connectivity index (χ1) is 13.1. The van der Waals surface area contributed by atoms with Gasteiger partial charge in [-0.2, -0.15) is 5.10 Å². The fraction of sp³-hybridized carbons (Fsp3) is 0.167. The average molecular weight is 406 g/mol.